The van der Waals surface area contributed by atoms with Crippen molar-refractivity contribution in [2.75, 3.05) is 6.61 Å². The lowest BCUT2D eigenvalue weighted by Gasteiger charge is -2.10. The Kier molecular flexibility index (Phi) is 3.92. The Morgan fingerprint density at radius 2 is 2.11 bits per heavy atom. The van der Waals surface area contributed by atoms with Gasteiger partial charge in [0.25, 0.3) is 0 Å². The Morgan fingerprint density at radius 1 is 1.39 bits per heavy atom. The molecule has 0 fully saturated rings. The van der Waals surface area contributed by atoms with E-state index < -0.39 is 0 Å². The minimum atomic E-state index is 0.233. The third-order valence-electron chi connectivity index (χ3n) is 2.85. The molecule has 0 amide bonds. The molecule has 0 aromatic carbocycles. The van der Waals surface area contributed by atoms with Gasteiger partial charge in [-0.15, -0.1) is 11.6 Å². The number of fused-ring (bicyclic) bond motifs is 1. The number of hydrogen-bond acceptors (Lipinski definition) is 3. The first-order valence-electron chi connectivity index (χ1n) is 6.10. The van der Waals surface area contributed by atoms with Gasteiger partial charge in [-0.05, 0) is 20.8 Å². The fraction of sp³-hybridized carbons (Fsp3) is 0.667. The zero-order valence-corrected chi connectivity index (χ0v) is 12.0. The second-order valence-electron chi connectivity index (χ2n) is 4.61. The number of imidazole rings is 1. The van der Waals surface area contributed by atoms with E-state index in [9.17, 15) is 0 Å². The van der Waals surface area contributed by atoms with Gasteiger partial charge >= 0.3 is 0 Å². The number of aromatic nitrogens is 4. The van der Waals surface area contributed by atoms with Crippen molar-refractivity contribution < 1.29 is 4.74 Å². The summed E-state index contributed by atoms with van der Waals surface area (Å²) in [4.78, 5) is 4.54. The van der Waals surface area contributed by atoms with Crippen LogP contribution in [0.25, 0.3) is 11.2 Å². The molecule has 0 atom stereocenters. The van der Waals surface area contributed by atoms with Crippen molar-refractivity contribution >= 4 is 22.8 Å². The van der Waals surface area contributed by atoms with Crippen LogP contribution in [0.1, 0.15) is 25.4 Å². The Labute approximate surface area is 112 Å². The molecule has 2 heterocycles. The number of alkyl halides is 1. The lowest BCUT2D eigenvalue weighted by molar-refractivity contribution is 0.0728. The predicted molar refractivity (Wildman–Crippen MR) is 71.9 cm³/mol. The summed E-state index contributed by atoms with van der Waals surface area (Å²) in [5.74, 6) is 1.27. The first-order valence-corrected chi connectivity index (χ1v) is 6.64. The van der Waals surface area contributed by atoms with Gasteiger partial charge in [-0.2, -0.15) is 5.10 Å². The zero-order valence-electron chi connectivity index (χ0n) is 11.3. The number of rotatable bonds is 5. The molecule has 6 heteroatoms. The van der Waals surface area contributed by atoms with Gasteiger partial charge in [0.05, 0.1) is 24.3 Å². The molecule has 5 nitrogen and oxygen atoms in total. The van der Waals surface area contributed by atoms with E-state index in [1.807, 2.05) is 32.5 Å². The summed E-state index contributed by atoms with van der Waals surface area (Å²) in [6.45, 7) is 7.41. The smallest absolute Gasteiger partial charge is 0.158 e. The molecule has 100 valence electrons. The molecule has 0 radical (unpaired) electrons. The van der Waals surface area contributed by atoms with Gasteiger partial charge in [0.2, 0.25) is 0 Å². The van der Waals surface area contributed by atoms with E-state index in [-0.39, 0.29) is 6.10 Å². The van der Waals surface area contributed by atoms with Crippen molar-refractivity contribution in [1.29, 1.82) is 0 Å². The van der Waals surface area contributed by atoms with Gasteiger partial charge in [-0.3, -0.25) is 4.68 Å². The highest BCUT2D eigenvalue weighted by Gasteiger charge is 2.16. The maximum Gasteiger partial charge on any atom is 0.158 e. The summed E-state index contributed by atoms with van der Waals surface area (Å²) in [6, 6.07) is 0. The first-order chi connectivity index (χ1) is 8.54. The molecule has 2 rings (SSSR count). The first kappa shape index (κ1) is 13.4. The molecular weight excluding hydrogens is 252 g/mol. The number of ether oxygens (including phenoxy) is 1. The second-order valence-corrected chi connectivity index (χ2v) is 4.88. The molecule has 2 aromatic heterocycles. The summed E-state index contributed by atoms with van der Waals surface area (Å²) < 4.78 is 9.53. The van der Waals surface area contributed by atoms with Gasteiger partial charge in [0.15, 0.2) is 5.65 Å². The fourth-order valence-corrected chi connectivity index (χ4v) is 2.30. The van der Waals surface area contributed by atoms with E-state index in [1.54, 1.807) is 0 Å². The number of nitrogens with zero attached hydrogens (tertiary/aromatic N) is 4. The lowest BCUT2D eigenvalue weighted by atomic mass is 10.4. The van der Waals surface area contributed by atoms with Crippen LogP contribution < -0.4 is 0 Å². The quantitative estimate of drug-likeness (QED) is 0.783. The molecule has 0 aliphatic carbocycles. The Balaban J connectivity index is 2.34. The highest BCUT2D eigenvalue weighted by molar-refractivity contribution is 6.16. The number of aryl methyl sites for hydroxylation is 2. The van der Waals surface area contributed by atoms with Gasteiger partial charge in [0.1, 0.15) is 11.3 Å². The molecule has 18 heavy (non-hydrogen) atoms. The zero-order chi connectivity index (χ0) is 13.3. The van der Waals surface area contributed by atoms with Crippen LogP contribution in [0.2, 0.25) is 0 Å². The molecule has 0 saturated carbocycles. The molecule has 2 aromatic rings. The largest absolute Gasteiger partial charge is 0.377 e. The molecule has 0 aliphatic rings. The summed E-state index contributed by atoms with van der Waals surface area (Å²) in [5, 5.41) is 4.38. The Morgan fingerprint density at radius 3 is 2.72 bits per heavy atom. The van der Waals surface area contributed by atoms with Crippen LogP contribution in [0.4, 0.5) is 0 Å². The molecule has 0 spiro atoms. The summed E-state index contributed by atoms with van der Waals surface area (Å²) in [6.07, 6.45) is 0.233. The second kappa shape index (κ2) is 5.28. The summed E-state index contributed by atoms with van der Waals surface area (Å²) in [5.41, 5.74) is 2.87. The van der Waals surface area contributed by atoms with Gasteiger partial charge < -0.3 is 9.30 Å². The van der Waals surface area contributed by atoms with Gasteiger partial charge in [-0.25, -0.2) is 4.98 Å². The SMILES string of the molecule is Cc1nn(C)c2c1nc(CCl)n2CCOC(C)C. The monoisotopic (exact) mass is 270 g/mol. The van der Waals surface area contributed by atoms with E-state index in [1.165, 1.54) is 0 Å². The van der Waals surface area contributed by atoms with E-state index in [4.69, 9.17) is 16.3 Å². The average molecular weight is 271 g/mol. The van der Waals surface area contributed by atoms with E-state index >= 15 is 0 Å². The van der Waals surface area contributed by atoms with Crippen LogP contribution in [-0.2, 0) is 24.2 Å². The van der Waals surface area contributed by atoms with Crippen LogP contribution in [0.5, 0.6) is 0 Å². The minimum Gasteiger partial charge on any atom is -0.377 e. The summed E-state index contributed by atoms with van der Waals surface area (Å²) >= 11 is 5.95. The van der Waals surface area contributed by atoms with Crippen molar-refractivity contribution in [2.45, 2.75) is 39.3 Å². The third-order valence-corrected chi connectivity index (χ3v) is 3.09. The molecule has 0 saturated heterocycles. The summed E-state index contributed by atoms with van der Waals surface area (Å²) in [7, 11) is 1.93. The van der Waals surface area contributed by atoms with E-state index in [2.05, 4.69) is 14.6 Å². The average Bonchev–Trinajstić information content (AvgIpc) is 2.79. The Hall–Kier alpha value is -1.07. The molecule has 0 unspecified atom stereocenters. The topological polar surface area (TPSA) is 44.9 Å². The van der Waals surface area contributed by atoms with E-state index in [0.29, 0.717) is 12.5 Å². The van der Waals surface area contributed by atoms with Crippen molar-refractivity contribution in [3.05, 3.63) is 11.5 Å². The number of halogens is 1. The maximum atomic E-state index is 5.95. The number of hydrogen-bond donors (Lipinski definition) is 0. The van der Waals surface area contributed by atoms with Crippen LogP contribution in [0, 0.1) is 6.92 Å². The van der Waals surface area contributed by atoms with Crippen LogP contribution in [0.3, 0.4) is 0 Å². The van der Waals surface area contributed by atoms with Gasteiger partial charge in [0, 0.05) is 13.6 Å². The maximum absolute atomic E-state index is 5.95. The molecular formula is C12H19ClN4O. The minimum absolute atomic E-state index is 0.233. The highest BCUT2D eigenvalue weighted by Crippen LogP contribution is 2.20. The van der Waals surface area contributed by atoms with E-state index in [0.717, 1.165) is 29.2 Å². The van der Waals surface area contributed by atoms with Crippen molar-refractivity contribution in [3.63, 3.8) is 0 Å². The van der Waals surface area contributed by atoms with Crippen LogP contribution in [-0.4, -0.2) is 32.0 Å². The van der Waals surface area contributed by atoms with Gasteiger partial charge in [-0.1, -0.05) is 0 Å². The highest BCUT2D eigenvalue weighted by atomic mass is 35.5. The standard InChI is InChI=1S/C12H19ClN4O/c1-8(2)18-6-5-17-10(7-13)14-11-9(3)15-16(4)12(11)17/h8H,5-7H2,1-4H3. The molecule has 0 aliphatic heterocycles. The fourth-order valence-electron chi connectivity index (χ4n) is 2.10. The lowest BCUT2D eigenvalue weighted by Crippen LogP contribution is -2.13. The van der Waals surface area contributed by atoms with Crippen molar-refractivity contribution in [2.24, 2.45) is 7.05 Å². The van der Waals surface area contributed by atoms with Crippen molar-refractivity contribution in [1.82, 2.24) is 19.3 Å². The van der Waals surface area contributed by atoms with Crippen LogP contribution in [0.15, 0.2) is 0 Å². The third kappa shape index (κ3) is 2.37. The normalized spacial score (nSPS) is 11.9. The van der Waals surface area contributed by atoms with Crippen molar-refractivity contribution in [3.8, 4) is 0 Å². The molecule has 0 N–H and O–H groups in total. The van der Waals surface area contributed by atoms with Crippen LogP contribution >= 0.6 is 11.6 Å². The predicted octanol–water partition coefficient (Wildman–Crippen LogP) is 2.24. The molecule has 0 bridgehead atoms. The Bertz CT molecular complexity index is 544.